The summed E-state index contributed by atoms with van der Waals surface area (Å²) in [6.07, 6.45) is -2.58. The molecule has 0 saturated heterocycles. The maximum Gasteiger partial charge on any atom is 0.416 e. The van der Waals surface area contributed by atoms with Crippen LogP contribution in [0, 0.1) is 0 Å². The third-order valence-corrected chi connectivity index (χ3v) is 3.02. The highest BCUT2D eigenvalue weighted by Crippen LogP contribution is 2.29. The molecule has 0 radical (unpaired) electrons. The van der Waals surface area contributed by atoms with Crippen LogP contribution in [0.25, 0.3) is 5.69 Å². The molecule has 0 spiro atoms. The van der Waals surface area contributed by atoms with Crippen molar-refractivity contribution >= 4 is 11.8 Å². The highest BCUT2D eigenvalue weighted by Gasteiger charge is 2.30. The first-order valence-corrected chi connectivity index (χ1v) is 6.18. The van der Waals surface area contributed by atoms with Crippen LogP contribution in [0.4, 0.5) is 13.2 Å². The predicted molar refractivity (Wildman–Crippen MR) is 63.2 cm³/mol. The van der Waals surface area contributed by atoms with Crippen molar-refractivity contribution in [1.82, 2.24) is 9.78 Å². The quantitative estimate of drug-likeness (QED) is 0.855. The summed E-state index contributed by atoms with van der Waals surface area (Å²) in [4.78, 5) is 11.6. The minimum Gasteiger partial charge on any atom is -0.284 e. The molecule has 0 aliphatic rings. The summed E-state index contributed by atoms with van der Waals surface area (Å²) in [6, 6.07) is 5.79. The lowest BCUT2D eigenvalue weighted by Gasteiger charge is -2.07. The fourth-order valence-electron chi connectivity index (χ4n) is 1.47. The van der Waals surface area contributed by atoms with E-state index in [-0.39, 0.29) is 5.56 Å². The molecule has 1 aromatic carbocycles. The molecule has 1 N–H and O–H groups in total. The lowest BCUT2D eigenvalue weighted by atomic mass is 10.2. The second-order valence-electron chi connectivity index (χ2n) is 3.54. The topological polar surface area (TPSA) is 37.8 Å². The van der Waals surface area contributed by atoms with E-state index in [1.807, 2.05) is 0 Å². The van der Waals surface area contributed by atoms with Gasteiger partial charge in [-0.2, -0.15) is 13.2 Å². The standard InChI is InChI=1S/C11H9F3N2OS/c1-18-9-6-10(17)16(15-9)8-4-2-7(3-5-8)11(12,13)14/h2-6,15H,1H3. The molecule has 18 heavy (non-hydrogen) atoms. The summed E-state index contributed by atoms with van der Waals surface area (Å²) >= 11 is 1.35. The Morgan fingerprint density at radius 2 is 1.83 bits per heavy atom. The molecule has 0 amide bonds. The smallest absolute Gasteiger partial charge is 0.284 e. The van der Waals surface area contributed by atoms with Crippen LogP contribution in [-0.2, 0) is 6.18 Å². The zero-order valence-corrected chi connectivity index (χ0v) is 10.1. The van der Waals surface area contributed by atoms with Crippen molar-refractivity contribution < 1.29 is 13.2 Å². The second-order valence-corrected chi connectivity index (χ2v) is 4.39. The summed E-state index contributed by atoms with van der Waals surface area (Å²) in [6.45, 7) is 0. The number of H-pyrrole nitrogens is 1. The van der Waals surface area contributed by atoms with E-state index in [1.54, 1.807) is 6.26 Å². The molecule has 0 saturated carbocycles. The number of aromatic nitrogens is 2. The van der Waals surface area contributed by atoms with E-state index in [4.69, 9.17) is 0 Å². The van der Waals surface area contributed by atoms with E-state index < -0.39 is 11.7 Å². The fraction of sp³-hybridized carbons (Fsp3) is 0.182. The van der Waals surface area contributed by atoms with Crippen molar-refractivity contribution in [2.24, 2.45) is 0 Å². The van der Waals surface area contributed by atoms with Gasteiger partial charge in [0.1, 0.15) is 0 Å². The zero-order chi connectivity index (χ0) is 13.3. The van der Waals surface area contributed by atoms with E-state index >= 15 is 0 Å². The van der Waals surface area contributed by atoms with Crippen molar-refractivity contribution in [3.8, 4) is 5.69 Å². The number of benzene rings is 1. The van der Waals surface area contributed by atoms with Gasteiger partial charge < -0.3 is 0 Å². The molecular formula is C11H9F3N2OS. The van der Waals surface area contributed by atoms with Gasteiger partial charge in [0, 0.05) is 6.07 Å². The van der Waals surface area contributed by atoms with Crippen LogP contribution >= 0.6 is 11.8 Å². The van der Waals surface area contributed by atoms with Crippen LogP contribution in [0.2, 0.25) is 0 Å². The van der Waals surface area contributed by atoms with E-state index in [2.05, 4.69) is 5.10 Å². The fourth-order valence-corrected chi connectivity index (χ4v) is 1.87. The van der Waals surface area contributed by atoms with E-state index in [0.717, 1.165) is 12.1 Å². The molecule has 0 unspecified atom stereocenters. The minimum atomic E-state index is -4.37. The first-order valence-electron chi connectivity index (χ1n) is 4.95. The van der Waals surface area contributed by atoms with Gasteiger partial charge in [0.25, 0.3) is 5.56 Å². The molecule has 0 bridgehead atoms. The van der Waals surface area contributed by atoms with Gasteiger partial charge in [0.05, 0.1) is 16.3 Å². The first kappa shape index (κ1) is 12.8. The van der Waals surface area contributed by atoms with Crippen LogP contribution in [0.5, 0.6) is 0 Å². The Bertz CT molecular complexity index is 598. The molecular weight excluding hydrogens is 265 g/mol. The van der Waals surface area contributed by atoms with Crippen LogP contribution in [0.1, 0.15) is 5.56 Å². The van der Waals surface area contributed by atoms with Crippen molar-refractivity contribution in [3.05, 3.63) is 46.2 Å². The number of thioether (sulfide) groups is 1. The molecule has 0 atom stereocenters. The summed E-state index contributed by atoms with van der Waals surface area (Å²) in [7, 11) is 0. The minimum absolute atomic E-state index is 0.306. The second kappa shape index (κ2) is 4.56. The highest BCUT2D eigenvalue weighted by molar-refractivity contribution is 7.98. The molecule has 1 aromatic heterocycles. The van der Waals surface area contributed by atoms with Gasteiger partial charge in [-0.05, 0) is 30.5 Å². The molecule has 7 heteroatoms. The Hall–Kier alpha value is -1.63. The van der Waals surface area contributed by atoms with E-state index in [0.29, 0.717) is 10.7 Å². The molecule has 2 rings (SSSR count). The first-order chi connectivity index (χ1) is 8.41. The number of rotatable bonds is 2. The number of nitrogens with one attached hydrogen (secondary N) is 1. The Balaban J connectivity index is 2.40. The van der Waals surface area contributed by atoms with Crippen LogP contribution in [0.3, 0.4) is 0 Å². The summed E-state index contributed by atoms with van der Waals surface area (Å²) in [5.41, 5.74) is -0.677. The summed E-state index contributed by atoms with van der Waals surface area (Å²) < 4.78 is 38.3. The summed E-state index contributed by atoms with van der Waals surface area (Å²) in [5.74, 6) is 0. The Morgan fingerprint density at radius 1 is 1.22 bits per heavy atom. The SMILES string of the molecule is CSc1cc(=O)n(-c2ccc(C(F)(F)F)cc2)[nH]1. The lowest BCUT2D eigenvalue weighted by molar-refractivity contribution is -0.137. The van der Waals surface area contributed by atoms with Crippen LogP contribution in [0.15, 0.2) is 40.2 Å². The van der Waals surface area contributed by atoms with Crippen LogP contribution < -0.4 is 5.56 Å². The van der Waals surface area contributed by atoms with Crippen molar-refractivity contribution in [2.45, 2.75) is 11.2 Å². The number of nitrogens with zero attached hydrogens (tertiary/aromatic N) is 1. The molecule has 3 nitrogen and oxygen atoms in total. The van der Waals surface area contributed by atoms with E-state index in [9.17, 15) is 18.0 Å². The number of hydrogen-bond donors (Lipinski definition) is 1. The third kappa shape index (κ3) is 2.45. The molecule has 0 aliphatic heterocycles. The molecule has 0 fully saturated rings. The maximum atomic E-state index is 12.4. The Morgan fingerprint density at radius 3 is 2.28 bits per heavy atom. The molecule has 2 aromatic rings. The number of aromatic amines is 1. The lowest BCUT2D eigenvalue weighted by Crippen LogP contribution is -2.14. The van der Waals surface area contributed by atoms with Crippen molar-refractivity contribution in [1.29, 1.82) is 0 Å². The van der Waals surface area contributed by atoms with Gasteiger partial charge >= 0.3 is 6.18 Å². The summed E-state index contributed by atoms with van der Waals surface area (Å²) in [5, 5.41) is 3.44. The predicted octanol–water partition coefficient (Wildman–Crippen LogP) is 2.91. The zero-order valence-electron chi connectivity index (χ0n) is 9.28. The van der Waals surface area contributed by atoms with Crippen LogP contribution in [-0.4, -0.2) is 16.0 Å². The van der Waals surface area contributed by atoms with Gasteiger partial charge in [-0.3, -0.25) is 9.89 Å². The molecule has 1 heterocycles. The van der Waals surface area contributed by atoms with Gasteiger partial charge in [-0.1, -0.05) is 0 Å². The Labute approximate surface area is 105 Å². The largest absolute Gasteiger partial charge is 0.416 e. The third-order valence-electron chi connectivity index (χ3n) is 2.37. The average Bonchev–Trinajstić information content (AvgIpc) is 2.70. The van der Waals surface area contributed by atoms with Gasteiger partial charge in [-0.25, -0.2) is 4.68 Å². The number of hydrogen-bond acceptors (Lipinski definition) is 2. The normalized spacial score (nSPS) is 11.8. The van der Waals surface area contributed by atoms with Crippen molar-refractivity contribution in [3.63, 3.8) is 0 Å². The van der Waals surface area contributed by atoms with Gasteiger partial charge in [0.2, 0.25) is 0 Å². The number of alkyl halides is 3. The highest BCUT2D eigenvalue weighted by atomic mass is 32.2. The van der Waals surface area contributed by atoms with Crippen molar-refractivity contribution in [2.75, 3.05) is 6.26 Å². The average molecular weight is 274 g/mol. The van der Waals surface area contributed by atoms with Gasteiger partial charge in [0.15, 0.2) is 0 Å². The Kier molecular flexibility index (Phi) is 3.25. The molecule has 0 aliphatic carbocycles. The molecule has 96 valence electrons. The number of halogens is 3. The van der Waals surface area contributed by atoms with Gasteiger partial charge in [-0.15, -0.1) is 11.8 Å². The van der Waals surface area contributed by atoms with E-state index in [1.165, 1.54) is 34.6 Å². The monoisotopic (exact) mass is 274 g/mol. The maximum absolute atomic E-state index is 12.4.